The summed E-state index contributed by atoms with van der Waals surface area (Å²) in [7, 11) is 0. The normalized spacial score (nSPS) is 15.7. The molecule has 0 atom stereocenters. The van der Waals surface area contributed by atoms with Gasteiger partial charge in [-0.05, 0) is 43.4 Å². The number of hydrogen-bond acceptors (Lipinski definition) is 1. The van der Waals surface area contributed by atoms with Gasteiger partial charge in [0, 0.05) is 17.2 Å². The van der Waals surface area contributed by atoms with Crippen LogP contribution in [0.3, 0.4) is 0 Å². The van der Waals surface area contributed by atoms with Gasteiger partial charge in [0.1, 0.15) is 5.82 Å². The summed E-state index contributed by atoms with van der Waals surface area (Å²) in [6.07, 6.45) is 3.60. The van der Waals surface area contributed by atoms with Gasteiger partial charge in [-0.25, -0.2) is 4.39 Å². The van der Waals surface area contributed by atoms with Crippen molar-refractivity contribution in [2.75, 3.05) is 0 Å². The van der Waals surface area contributed by atoms with Crippen LogP contribution >= 0.6 is 11.6 Å². The van der Waals surface area contributed by atoms with E-state index < -0.39 is 0 Å². The second kappa shape index (κ2) is 6.01. The van der Waals surface area contributed by atoms with Crippen molar-refractivity contribution in [3.63, 3.8) is 0 Å². The highest BCUT2D eigenvalue weighted by atomic mass is 35.5. The highest BCUT2D eigenvalue weighted by Gasteiger charge is 2.17. The monoisotopic (exact) mass is 267 g/mol. The molecule has 0 fully saturated rings. The lowest BCUT2D eigenvalue weighted by Gasteiger charge is -2.15. The van der Waals surface area contributed by atoms with Crippen LogP contribution in [0.25, 0.3) is 0 Å². The van der Waals surface area contributed by atoms with E-state index in [2.05, 4.69) is 5.32 Å². The number of carbonyl (C=O) groups is 1. The molecule has 0 bridgehead atoms. The molecular formula is C14H15ClFNO. The van der Waals surface area contributed by atoms with Gasteiger partial charge in [-0.1, -0.05) is 23.7 Å². The largest absolute Gasteiger partial charge is 0.348 e. The molecule has 0 saturated carbocycles. The average molecular weight is 268 g/mol. The number of nitrogens with one attached hydrogen (secondary N) is 1. The topological polar surface area (TPSA) is 29.1 Å². The van der Waals surface area contributed by atoms with Crippen molar-refractivity contribution in [2.45, 2.75) is 32.2 Å². The molecule has 1 aliphatic rings. The molecule has 0 unspecified atom stereocenters. The number of halogens is 2. The fraction of sp³-hybridized carbons (Fsp3) is 0.357. The smallest absolute Gasteiger partial charge is 0.248 e. The molecule has 1 amide bonds. The number of allylic oxidation sites excluding steroid dienone is 1. The molecule has 2 rings (SSSR count). The quantitative estimate of drug-likeness (QED) is 0.892. The minimum absolute atomic E-state index is 0.107. The van der Waals surface area contributed by atoms with Crippen LogP contribution in [0, 0.1) is 5.82 Å². The SMILES string of the molecule is O=C(NCc1ccc(F)cc1)C1=C(Cl)CCCC1. The molecule has 0 aliphatic heterocycles. The molecule has 2 nitrogen and oxygen atoms in total. The first-order valence-electron chi connectivity index (χ1n) is 6.07. The van der Waals surface area contributed by atoms with E-state index in [1.165, 1.54) is 12.1 Å². The van der Waals surface area contributed by atoms with Gasteiger partial charge < -0.3 is 5.32 Å². The third-order valence-corrected chi connectivity index (χ3v) is 3.46. The standard InChI is InChI=1S/C14H15ClFNO/c15-13-4-2-1-3-12(13)14(18)17-9-10-5-7-11(16)8-6-10/h5-8H,1-4,9H2,(H,17,18). The molecular weight excluding hydrogens is 253 g/mol. The van der Waals surface area contributed by atoms with Crippen molar-refractivity contribution in [3.8, 4) is 0 Å². The third kappa shape index (κ3) is 3.33. The minimum Gasteiger partial charge on any atom is -0.348 e. The molecule has 18 heavy (non-hydrogen) atoms. The maximum atomic E-state index is 12.7. The first kappa shape index (κ1) is 13.1. The summed E-state index contributed by atoms with van der Waals surface area (Å²) in [6, 6.07) is 6.08. The Labute approximate surface area is 111 Å². The Balaban J connectivity index is 1.94. The van der Waals surface area contributed by atoms with Gasteiger partial charge >= 0.3 is 0 Å². The van der Waals surface area contributed by atoms with Crippen LogP contribution in [-0.4, -0.2) is 5.91 Å². The Morgan fingerprint density at radius 2 is 1.89 bits per heavy atom. The second-order valence-corrected chi connectivity index (χ2v) is 4.86. The molecule has 0 radical (unpaired) electrons. The maximum Gasteiger partial charge on any atom is 0.248 e. The fourth-order valence-corrected chi connectivity index (χ4v) is 2.31. The van der Waals surface area contributed by atoms with Gasteiger partial charge in [0.2, 0.25) is 5.91 Å². The van der Waals surface area contributed by atoms with E-state index in [-0.39, 0.29) is 11.7 Å². The Kier molecular flexibility index (Phi) is 4.37. The summed E-state index contributed by atoms with van der Waals surface area (Å²) in [5.74, 6) is -0.382. The number of carbonyl (C=O) groups excluding carboxylic acids is 1. The zero-order chi connectivity index (χ0) is 13.0. The van der Waals surface area contributed by atoms with Crippen molar-refractivity contribution >= 4 is 17.5 Å². The summed E-state index contributed by atoms with van der Waals surface area (Å²) in [5.41, 5.74) is 1.57. The summed E-state index contributed by atoms with van der Waals surface area (Å²) < 4.78 is 12.7. The van der Waals surface area contributed by atoms with E-state index in [1.54, 1.807) is 12.1 Å². The average Bonchev–Trinajstić information content (AvgIpc) is 2.38. The Hall–Kier alpha value is -1.35. The van der Waals surface area contributed by atoms with Gasteiger partial charge in [-0.15, -0.1) is 0 Å². The van der Waals surface area contributed by atoms with E-state index in [4.69, 9.17) is 11.6 Å². The van der Waals surface area contributed by atoms with Crippen molar-refractivity contribution in [3.05, 3.63) is 46.3 Å². The molecule has 0 saturated heterocycles. The predicted octanol–water partition coefficient (Wildman–Crippen LogP) is 3.51. The lowest BCUT2D eigenvalue weighted by molar-refractivity contribution is -0.117. The molecule has 0 spiro atoms. The summed E-state index contributed by atoms with van der Waals surface area (Å²) in [4.78, 5) is 11.9. The fourth-order valence-electron chi connectivity index (χ4n) is 2.00. The van der Waals surface area contributed by atoms with Crippen LogP contribution in [0.1, 0.15) is 31.2 Å². The zero-order valence-corrected chi connectivity index (χ0v) is 10.8. The maximum absolute atomic E-state index is 12.7. The second-order valence-electron chi connectivity index (χ2n) is 4.40. The number of benzene rings is 1. The Morgan fingerprint density at radius 1 is 1.22 bits per heavy atom. The van der Waals surface area contributed by atoms with Crippen LogP contribution in [0.2, 0.25) is 0 Å². The van der Waals surface area contributed by atoms with Crippen LogP contribution in [0.5, 0.6) is 0 Å². The van der Waals surface area contributed by atoms with Crippen molar-refractivity contribution in [1.82, 2.24) is 5.32 Å². The van der Waals surface area contributed by atoms with Crippen molar-refractivity contribution in [2.24, 2.45) is 0 Å². The highest BCUT2D eigenvalue weighted by molar-refractivity contribution is 6.31. The molecule has 1 aromatic carbocycles. The number of hydrogen-bond donors (Lipinski definition) is 1. The molecule has 0 heterocycles. The molecule has 1 aliphatic carbocycles. The van der Waals surface area contributed by atoms with Crippen LogP contribution in [-0.2, 0) is 11.3 Å². The molecule has 4 heteroatoms. The van der Waals surface area contributed by atoms with Crippen LogP contribution in [0.4, 0.5) is 4.39 Å². The minimum atomic E-state index is -0.275. The first-order chi connectivity index (χ1) is 8.66. The van der Waals surface area contributed by atoms with Crippen LogP contribution in [0.15, 0.2) is 34.9 Å². The van der Waals surface area contributed by atoms with E-state index >= 15 is 0 Å². The Morgan fingerprint density at radius 3 is 2.56 bits per heavy atom. The van der Waals surface area contributed by atoms with Gasteiger partial charge in [0.25, 0.3) is 0 Å². The first-order valence-corrected chi connectivity index (χ1v) is 6.45. The predicted molar refractivity (Wildman–Crippen MR) is 69.6 cm³/mol. The third-order valence-electron chi connectivity index (χ3n) is 3.04. The summed E-state index contributed by atoms with van der Waals surface area (Å²) >= 11 is 6.05. The lowest BCUT2D eigenvalue weighted by Crippen LogP contribution is -2.26. The zero-order valence-electron chi connectivity index (χ0n) is 10.0. The molecule has 1 aromatic rings. The van der Waals surface area contributed by atoms with Crippen molar-refractivity contribution < 1.29 is 9.18 Å². The van der Waals surface area contributed by atoms with E-state index in [1.807, 2.05) is 0 Å². The molecule has 96 valence electrons. The lowest BCUT2D eigenvalue weighted by atomic mass is 9.98. The summed E-state index contributed by atoms with van der Waals surface area (Å²) in [5, 5.41) is 3.49. The molecule has 0 aromatic heterocycles. The van der Waals surface area contributed by atoms with Crippen molar-refractivity contribution in [1.29, 1.82) is 0 Å². The molecule has 1 N–H and O–H groups in total. The van der Waals surface area contributed by atoms with E-state index in [0.717, 1.165) is 31.2 Å². The van der Waals surface area contributed by atoms with Crippen LogP contribution < -0.4 is 5.32 Å². The number of amides is 1. The van der Waals surface area contributed by atoms with E-state index in [9.17, 15) is 9.18 Å². The van der Waals surface area contributed by atoms with Gasteiger partial charge in [-0.2, -0.15) is 0 Å². The Bertz CT molecular complexity index is 467. The highest BCUT2D eigenvalue weighted by Crippen LogP contribution is 2.27. The van der Waals surface area contributed by atoms with Gasteiger partial charge in [0.05, 0.1) is 0 Å². The van der Waals surface area contributed by atoms with E-state index in [0.29, 0.717) is 17.2 Å². The van der Waals surface area contributed by atoms with Gasteiger partial charge in [-0.3, -0.25) is 4.79 Å². The summed E-state index contributed by atoms with van der Waals surface area (Å²) in [6.45, 7) is 0.396. The number of rotatable bonds is 3. The van der Waals surface area contributed by atoms with Gasteiger partial charge in [0.15, 0.2) is 0 Å².